The first-order valence-corrected chi connectivity index (χ1v) is 8.05. The minimum atomic E-state index is 0.0818. The van der Waals surface area contributed by atoms with E-state index in [2.05, 4.69) is 44.9 Å². The van der Waals surface area contributed by atoms with E-state index in [4.69, 9.17) is 10.5 Å². The molecule has 2 atom stereocenters. The summed E-state index contributed by atoms with van der Waals surface area (Å²) in [6.07, 6.45) is 3.43. The maximum absolute atomic E-state index is 6.17. The van der Waals surface area contributed by atoms with E-state index in [1.807, 2.05) is 12.1 Å². The van der Waals surface area contributed by atoms with Crippen molar-refractivity contribution < 1.29 is 4.74 Å². The number of hydrogen-bond acceptors (Lipinski definition) is 3. The lowest BCUT2D eigenvalue weighted by Crippen LogP contribution is -2.52. The Morgan fingerprint density at radius 1 is 1.33 bits per heavy atom. The summed E-state index contributed by atoms with van der Waals surface area (Å²) in [4.78, 5) is 2.42. The van der Waals surface area contributed by atoms with Crippen LogP contribution in [-0.4, -0.2) is 31.1 Å². The van der Waals surface area contributed by atoms with Gasteiger partial charge < -0.3 is 10.5 Å². The number of ether oxygens (including phenoxy) is 1. The molecule has 0 amide bonds. The van der Waals surface area contributed by atoms with Gasteiger partial charge in [-0.1, -0.05) is 39.3 Å². The molecular formula is C18H32N2O. The quantitative estimate of drug-likeness (QED) is 0.754. The van der Waals surface area contributed by atoms with E-state index in [-0.39, 0.29) is 5.54 Å². The lowest BCUT2D eigenvalue weighted by molar-refractivity contribution is 0.0854. The highest BCUT2D eigenvalue weighted by atomic mass is 16.5. The molecule has 1 aromatic carbocycles. The number of benzene rings is 1. The Morgan fingerprint density at radius 2 is 2.05 bits per heavy atom. The molecule has 0 aliphatic rings. The summed E-state index contributed by atoms with van der Waals surface area (Å²) in [6.45, 7) is 8.42. The van der Waals surface area contributed by atoms with Crippen molar-refractivity contribution in [2.24, 2.45) is 11.7 Å². The van der Waals surface area contributed by atoms with Gasteiger partial charge in [-0.15, -0.1) is 0 Å². The van der Waals surface area contributed by atoms with E-state index in [1.54, 1.807) is 7.11 Å². The van der Waals surface area contributed by atoms with Crippen LogP contribution in [0.4, 0.5) is 0 Å². The third-order valence-corrected chi connectivity index (χ3v) is 4.83. The highest BCUT2D eigenvalue weighted by Crippen LogP contribution is 2.29. The topological polar surface area (TPSA) is 38.5 Å². The first-order valence-electron chi connectivity index (χ1n) is 8.05. The van der Waals surface area contributed by atoms with Crippen LogP contribution >= 0.6 is 0 Å². The lowest BCUT2D eigenvalue weighted by Gasteiger charge is -2.42. The molecule has 0 aromatic heterocycles. The lowest BCUT2D eigenvalue weighted by atomic mass is 9.83. The van der Waals surface area contributed by atoms with Gasteiger partial charge >= 0.3 is 0 Å². The van der Waals surface area contributed by atoms with Crippen molar-refractivity contribution in [2.45, 2.75) is 52.1 Å². The zero-order valence-corrected chi connectivity index (χ0v) is 14.4. The monoisotopic (exact) mass is 292 g/mol. The van der Waals surface area contributed by atoms with Crippen LogP contribution in [0.25, 0.3) is 0 Å². The molecule has 1 rings (SSSR count). The minimum Gasteiger partial charge on any atom is -0.497 e. The van der Waals surface area contributed by atoms with Crippen molar-refractivity contribution in [1.29, 1.82) is 0 Å². The van der Waals surface area contributed by atoms with Crippen LogP contribution < -0.4 is 10.5 Å². The molecule has 0 aliphatic carbocycles. The summed E-state index contributed by atoms with van der Waals surface area (Å²) < 4.78 is 5.31. The minimum absolute atomic E-state index is 0.0818. The molecule has 0 spiro atoms. The Bertz CT molecular complexity index is 415. The Kier molecular flexibility index (Phi) is 7.20. The van der Waals surface area contributed by atoms with Crippen molar-refractivity contribution in [3.8, 4) is 5.75 Å². The van der Waals surface area contributed by atoms with E-state index < -0.39 is 0 Å². The average molecular weight is 292 g/mol. The second-order valence-corrected chi connectivity index (χ2v) is 6.21. The third-order valence-electron chi connectivity index (χ3n) is 4.83. The SMILES string of the molecule is CCC(C)CC(CC)(CN)N(C)Cc1cccc(OC)c1. The molecule has 0 saturated carbocycles. The maximum atomic E-state index is 6.17. The zero-order valence-electron chi connectivity index (χ0n) is 14.4. The van der Waals surface area contributed by atoms with Gasteiger partial charge in [0.2, 0.25) is 0 Å². The molecule has 0 fully saturated rings. The van der Waals surface area contributed by atoms with Crippen molar-refractivity contribution in [2.75, 3.05) is 20.7 Å². The second kappa shape index (κ2) is 8.40. The van der Waals surface area contributed by atoms with Crippen molar-refractivity contribution in [3.63, 3.8) is 0 Å². The number of methoxy groups -OCH3 is 1. The van der Waals surface area contributed by atoms with E-state index in [0.29, 0.717) is 12.5 Å². The summed E-state index contributed by atoms with van der Waals surface area (Å²) >= 11 is 0. The van der Waals surface area contributed by atoms with E-state index >= 15 is 0 Å². The van der Waals surface area contributed by atoms with E-state index in [1.165, 1.54) is 12.0 Å². The van der Waals surface area contributed by atoms with Crippen LogP contribution in [0.3, 0.4) is 0 Å². The van der Waals surface area contributed by atoms with Gasteiger partial charge in [0.05, 0.1) is 7.11 Å². The summed E-state index contributed by atoms with van der Waals surface area (Å²) in [5.41, 5.74) is 7.52. The highest BCUT2D eigenvalue weighted by Gasteiger charge is 2.32. The number of rotatable bonds is 9. The fourth-order valence-electron chi connectivity index (χ4n) is 2.96. The molecule has 120 valence electrons. The Hall–Kier alpha value is -1.06. The van der Waals surface area contributed by atoms with Gasteiger partial charge in [0.1, 0.15) is 5.75 Å². The first-order chi connectivity index (χ1) is 10.0. The average Bonchev–Trinajstić information content (AvgIpc) is 2.52. The predicted octanol–water partition coefficient (Wildman–Crippen LogP) is 3.67. The molecule has 0 aliphatic heterocycles. The summed E-state index contributed by atoms with van der Waals surface area (Å²) in [5.74, 6) is 1.61. The molecule has 0 saturated heterocycles. The summed E-state index contributed by atoms with van der Waals surface area (Å²) in [5, 5.41) is 0. The molecule has 21 heavy (non-hydrogen) atoms. The molecular weight excluding hydrogens is 260 g/mol. The van der Waals surface area contributed by atoms with Gasteiger partial charge in [0, 0.05) is 18.6 Å². The summed E-state index contributed by atoms with van der Waals surface area (Å²) in [7, 11) is 3.90. The van der Waals surface area contributed by atoms with Gasteiger partial charge in [-0.25, -0.2) is 0 Å². The third kappa shape index (κ3) is 4.72. The number of nitrogens with two attached hydrogens (primary N) is 1. The fraction of sp³-hybridized carbons (Fsp3) is 0.667. The molecule has 2 unspecified atom stereocenters. The van der Waals surface area contributed by atoms with Crippen LogP contribution in [0, 0.1) is 5.92 Å². The van der Waals surface area contributed by atoms with Crippen LogP contribution in [0.2, 0.25) is 0 Å². The van der Waals surface area contributed by atoms with Crippen LogP contribution in [0.15, 0.2) is 24.3 Å². The van der Waals surface area contributed by atoms with Gasteiger partial charge in [0.25, 0.3) is 0 Å². The van der Waals surface area contributed by atoms with Crippen LogP contribution in [-0.2, 0) is 6.54 Å². The Labute approximate surface area is 130 Å². The zero-order chi connectivity index (χ0) is 15.9. The summed E-state index contributed by atoms with van der Waals surface area (Å²) in [6, 6.07) is 8.29. The van der Waals surface area contributed by atoms with E-state index in [9.17, 15) is 0 Å². The Morgan fingerprint density at radius 3 is 2.57 bits per heavy atom. The van der Waals surface area contributed by atoms with Gasteiger partial charge in [-0.2, -0.15) is 0 Å². The number of likely N-dealkylation sites (N-methyl/N-ethyl adjacent to an activating group) is 1. The fourth-order valence-corrected chi connectivity index (χ4v) is 2.96. The maximum Gasteiger partial charge on any atom is 0.119 e. The molecule has 0 bridgehead atoms. The normalized spacial score (nSPS) is 15.8. The standard InChI is InChI=1S/C18H32N2O/c1-6-15(3)12-18(7-2,14-19)20(4)13-16-9-8-10-17(11-16)21-5/h8-11,15H,6-7,12-14,19H2,1-5H3. The predicted molar refractivity (Wildman–Crippen MR) is 90.6 cm³/mol. The van der Waals surface area contributed by atoms with Gasteiger partial charge in [-0.05, 0) is 43.5 Å². The molecule has 3 nitrogen and oxygen atoms in total. The Balaban J connectivity index is 2.87. The number of nitrogens with zero attached hydrogens (tertiary/aromatic N) is 1. The number of hydrogen-bond donors (Lipinski definition) is 1. The molecule has 1 aromatic rings. The van der Waals surface area contributed by atoms with Gasteiger partial charge in [-0.3, -0.25) is 4.90 Å². The smallest absolute Gasteiger partial charge is 0.119 e. The largest absolute Gasteiger partial charge is 0.497 e. The van der Waals surface area contributed by atoms with Crippen molar-refractivity contribution >= 4 is 0 Å². The van der Waals surface area contributed by atoms with Gasteiger partial charge in [0.15, 0.2) is 0 Å². The molecule has 0 radical (unpaired) electrons. The second-order valence-electron chi connectivity index (χ2n) is 6.21. The molecule has 3 heteroatoms. The first kappa shape index (κ1) is 18.0. The van der Waals surface area contributed by atoms with E-state index in [0.717, 1.165) is 25.1 Å². The van der Waals surface area contributed by atoms with Crippen LogP contribution in [0.1, 0.15) is 45.6 Å². The van der Waals surface area contributed by atoms with Crippen LogP contribution in [0.5, 0.6) is 5.75 Å². The molecule has 2 N–H and O–H groups in total. The highest BCUT2D eigenvalue weighted by molar-refractivity contribution is 5.28. The van der Waals surface area contributed by atoms with Crippen molar-refractivity contribution in [3.05, 3.63) is 29.8 Å². The molecule has 0 heterocycles. The van der Waals surface area contributed by atoms with Crippen molar-refractivity contribution in [1.82, 2.24) is 4.90 Å².